The molecule has 0 saturated carbocycles. The van der Waals surface area contributed by atoms with Gasteiger partial charge in [0.15, 0.2) is 0 Å². The molecule has 0 radical (unpaired) electrons. The first-order valence-corrected chi connectivity index (χ1v) is 27.0. The van der Waals surface area contributed by atoms with Crippen LogP contribution in [0.1, 0.15) is 306 Å². The van der Waals surface area contributed by atoms with E-state index in [0.717, 1.165) is 51.4 Å². The minimum absolute atomic E-state index is 0.115. The van der Waals surface area contributed by atoms with Crippen LogP contribution in [-0.2, 0) is 9.47 Å². The highest BCUT2D eigenvalue weighted by Crippen LogP contribution is 2.31. The molecule has 4 nitrogen and oxygen atoms in total. The van der Waals surface area contributed by atoms with Crippen molar-refractivity contribution >= 4 is 11.9 Å². The SMILES string of the molecule is CCCCCCCCCC(OC(=O)c1ccccc1C(=O)OC(CCCCCCCCC)C(CCCCCC)CCCCCCC)C(CCCCCC)CCCCCCC. The third-order valence-corrected chi connectivity index (χ3v) is 13.3. The highest BCUT2D eigenvalue weighted by atomic mass is 16.6. The van der Waals surface area contributed by atoms with Gasteiger partial charge in [-0.3, -0.25) is 0 Å². The average molecular weight is 839 g/mol. The van der Waals surface area contributed by atoms with E-state index in [-0.39, 0.29) is 24.1 Å². The fourth-order valence-corrected chi connectivity index (χ4v) is 9.35. The summed E-state index contributed by atoms with van der Waals surface area (Å²) in [6.07, 6.45) is 46.0. The summed E-state index contributed by atoms with van der Waals surface area (Å²) in [5.74, 6) is 0.0546. The van der Waals surface area contributed by atoms with Crippen molar-refractivity contribution in [2.75, 3.05) is 0 Å². The average Bonchev–Trinajstić information content (AvgIpc) is 3.26. The molecule has 0 aliphatic heterocycles. The lowest BCUT2D eigenvalue weighted by atomic mass is 9.86. The Balaban J connectivity index is 3.34. The molecule has 0 fully saturated rings. The number of ether oxygens (including phenoxy) is 2. The van der Waals surface area contributed by atoms with Crippen molar-refractivity contribution in [2.45, 2.75) is 298 Å². The summed E-state index contributed by atoms with van der Waals surface area (Å²) in [5.41, 5.74) is 0.766. The molecule has 4 atom stereocenters. The first kappa shape index (κ1) is 56.2. The molecule has 1 aromatic carbocycles. The van der Waals surface area contributed by atoms with Crippen LogP contribution in [0.4, 0.5) is 0 Å². The van der Waals surface area contributed by atoms with E-state index in [1.807, 2.05) is 24.3 Å². The van der Waals surface area contributed by atoms with Gasteiger partial charge < -0.3 is 9.47 Å². The largest absolute Gasteiger partial charge is 0.458 e. The molecule has 0 saturated heterocycles. The predicted molar refractivity (Wildman–Crippen MR) is 261 cm³/mol. The maximum atomic E-state index is 14.4. The van der Waals surface area contributed by atoms with E-state index >= 15 is 0 Å². The second-order valence-corrected chi connectivity index (χ2v) is 18.9. The monoisotopic (exact) mass is 839 g/mol. The van der Waals surface area contributed by atoms with E-state index in [4.69, 9.17) is 9.47 Å². The van der Waals surface area contributed by atoms with Gasteiger partial charge in [0.05, 0.1) is 11.1 Å². The molecule has 350 valence electrons. The van der Waals surface area contributed by atoms with Crippen LogP contribution >= 0.6 is 0 Å². The van der Waals surface area contributed by atoms with Gasteiger partial charge in [-0.15, -0.1) is 0 Å². The zero-order chi connectivity index (χ0) is 43.7. The summed E-state index contributed by atoms with van der Waals surface area (Å²) in [5, 5.41) is 0. The van der Waals surface area contributed by atoms with E-state index < -0.39 is 0 Å². The molecule has 4 unspecified atom stereocenters. The van der Waals surface area contributed by atoms with Gasteiger partial charge in [0.2, 0.25) is 0 Å². The van der Waals surface area contributed by atoms with Crippen LogP contribution in [0.15, 0.2) is 24.3 Å². The second kappa shape index (κ2) is 41.2. The molecule has 0 aromatic heterocycles. The maximum Gasteiger partial charge on any atom is 0.339 e. The summed E-state index contributed by atoms with van der Waals surface area (Å²) >= 11 is 0. The number of hydrogen-bond donors (Lipinski definition) is 0. The van der Waals surface area contributed by atoms with Crippen LogP contribution in [0.25, 0.3) is 0 Å². The van der Waals surface area contributed by atoms with Crippen LogP contribution in [0, 0.1) is 11.8 Å². The zero-order valence-electron chi connectivity index (χ0n) is 41.1. The lowest BCUT2D eigenvalue weighted by Crippen LogP contribution is -2.30. The molecule has 0 aliphatic carbocycles. The normalized spacial score (nSPS) is 13.6. The number of esters is 2. The number of carbonyl (C=O) groups excluding carboxylic acids is 2. The van der Waals surface area contributed by atoms with Crippen molar-refractivity contribution in [2.24, 2.45) is 11.8 Å². The van der Waals surface area contributed by atoms with Crippen molar-refractivity contribution in [3.8, 4) is 0 Å². The number of benzene rings is 1. The minimum atomic E-state index is -0.337. The van der Waals surface area contributed by atoms with Crippen molar-refractivity contribution < 1.29 is 19.1 Å². The Morgan fingerprint density at radius 2 is 0.550 bits per heavy atom. The van der Waals surface area contributed by atoms with E-state index in [1.165, 1.54) is 193 Å². The Hall–Kier alpha value is -1.84. The summed E-state index contributed by atoms with van der Waals surface area (Å²) in [4.78, 5) is 28.8. The first-order valence-electron chi connectivity index (χ1n) is 27.0. The minimum Gasteiger partial charge on any atom is -0.458 e. The van der Waals surface area contributed by atoms with E-state index in [0.29, 0.717) is 23.0 Å². The molecule has 0 aliphatic rings. The van der Waals surface area contributed by atoms with Gasteiger partial charge in [-0.05, 0) is 75.3 Å². The van der Waals surface area contributed by atoms with Crippen LogP contribution < -0.4 is 0 Å². The Morgan fingerprint density at radius 3 is 0.817 bits per heavy atom. The van der Waals surface area contributed by atoms with Crippen molar-refractivity contribution in [3.63, 3.8) is 0 Å². The topological polar surface area (TPSA) is 52.6 Å². The maximum absolute atomic E-state index is 14.4. The van der Waals surface area contributed by atoms with Gasteiger partial charge in [0.1, 0.15) is 12.2 Å². The van der Waals surface area contributed by atoms with E-state index in [9.17, 15) is 9.59 Å². The quantitative estimate of drug-likeness (QED) is 0.0485. The highest BCUT2D eigenvalue weighted by molar-refractivity contribution is 6.03. The predicted octanol–water partition coefficient (Wildman–Crippen LogP) is 18.9. The van der Waals surface area contributed by atoms with Crippen LogP contribution in [0.3, 0.4) is 0 Å². The number of carbonyl (C=O) groups is 2. The van der Waals surface area contributed by atoms with Crippen molar-refractivity contribution in [3.05, 3.63) is 35.4 Å². The Kier molecular flexibility index (Phi) is 38.6. The van der Waals surface area contributed by atoms with Gasteiger partial charge >= 0.3 is 11.9 Å². The molecule has 0 amide bonds. The fourth-order valence-electron chi connectivity index (χ4n) is 9.35. The molecule has 0 N–H and O–H groups in total. The summed E-state index contributed by atoms with van der Waals surface area (Å²) in [6.45, 7) is 13.7. The molecule has 1 rings (SSSR count). The number of hydrogen-bond acceptors (Lipinski definition) is 4. The molecular formula is C56H102O4. The third-order valence-electron chi connectivity index (χ3n) is 13.3. The van der Waals surface area contributed by atoms with Gasteiger partial charge in [-0.25, -0.2) is 9.59 Å². The lowest BCUT2D eigenvalue weighted by Gasteiger charge is -2.29. The molecule has 60 heavy (non-hydrogen) atoms. The molecule has 4 heteroatoms. The zero-order valence-corrected chi connectivity index (χ0v) is 41.1. The number of unbranched alkanes of at least 4 members (excludes halogenated alkanes) is 26. The highest BCUT2D eigenvalue weighted by Gasteiger charge is 2.30. The lowest BCUT2D eigenvalue weighted by molar-refractivity contribution is 0.00213. The Labute approximate surface area is 374 Å². The standard InChI is InChI=1S/C56H102O4/c1-7-13-19-25-27-31-37-47-53(49(41-33-23-17-11-5)43-35-29-21-15-9-3)59-55(57)51-45-39-40-46-52(51)56(58)60-54(48-38-32-28-26-20-14-8-2)50(42-34-24-18-12-6)44-36-30-22-16-10-4/h39-40,45-46,49-50,53-54H,7-38,41-44,47-48H2,1-6H3. The molecular weight excluding hydrogens is 737 g/mol. The Morgan fingerprint density at radius 1 is 0.333 bits per heavy atom. The number of rotatable bonds is 44. The van der Waals surface area contributed by atoms with Crippen molar-refractivity contribution in [1.29, 1.82) is 0 Å². The molecule has 0 spiro atoms. The van der Waals surface area contributed by atoms with Gasteiger partial charge in [0.25, 0.3) is 0 Å². The first-order chi connectivity index (χ1) is 29.5. The van der Waals surface area contributed by atoms with Gasteiger partial charge in [0, 0.05) is 0 Å². The van der Waals surface area contributed by atoms with Crippen molar-refractivity contribution in [1.82, 2.24) is 0 Å². The molecule has 1 aromatic rings. The summed E-state index contributed by atoms with van der Waals surface area (Å²) in [7, 11) is 0. The fraction of sp³-hybridized carbons (Fsp3) is 0.857. The smallest absolute Gasteiger partial charge is 0.339 e. The molecule has 0 heterocycles. The Bertz CT molecular complexity index is 1010. The second-order valence-electron chi connectivity index (χ2n) is 18.9. The van der Waals surface area contributed by atoms with E-state index in [1.54, 1.807) is 0 Å². The van der Waals surface area contributed by atoms with Crippen LogP contribution in [0.5, 0.6) is 0 Å². The summed E-state index contributed by atoms with van der Waals surface area (Å²) in [6, 6.07) is 7.40. The van der Waals surface area contributed by atoms with Gasteiger partial charge in [-0.2, -0.15) is 0 Å². The molecule has 0 bridgehead atoms. The van der Waals surface area contributed by atoms with E-state index in [2.05, 4.69) is 41.5 Å². The third kappa shape index (κ3) is 28.7. The van der Waals surface area contributed by atoms with Crippen LogP contribution in [-0.4, -0.2) is 24.1 Å². The summed E-state index contributed by atoms with van der Waals surface area (Å²) < 4.78 is 13.3. The van der Waals surface area contributed by atoms with Crippen LogP contribution in [0.2, 0.25) is 0 Å². The van der Waals surface area contributed by atoms with Gasteiger partial charge in [-0.1, -0.05) is 246 Å².